The zero-order valence-electron chi connectivity index (χ0n) is 71.0. The van der Waals surface area contributed by atoms with Gasteiger partial charge in [0.1, 0.15) is 61.4 Å². The monoisotopic (exact) mass is 1960 g/mol. The van der Waals surface area contributed by atoms with Crippen LogP contribution >= 0.6 is 47.8 Å². The van der Waals surface area contributed by atoms with Crippen LogP contribution in [0.3, 0.4) is 0 Å². The molecule has 0 saturated carbocycles. The fourth-order valence-electron chi connectivity index (χ4n) is 8.92. The Balaban J connectivity index is 0.000000516. The van der Waals surface area contributed by atoms with Crippen molar-refractivity contribution in [2.45, 2.75) is 26.6 Å². The number of nitrogens with one attached hydrogen (secondary N) is 6. The van der Waals surface area contributed by atoms with E-state index in [-0.39, 0.29) is 169 Å². The molecule has 11 heterocycles. The molecule has 0 unspecified atom stereocenters. The van der Waals surface area contributed by atoms with Gasteiger partial charge in [-0.05, 0) is 172 Å². The molecule has 9 N–H and O–H groups in total. The van der Waals surface area contributed by atoms with Gasteiger partial charge in [0.05, 0.1) is 40.3 Å². The van der Waals surface area contributed by atoms with Gasteiger partial charge >= 0.3 is 115 Å². The van der Waals surface area contributed by atoms with Crippen LogP contribution < -0.4 is 182 Å². The van der Waals surface area contributed by atoms with Gasteiger partial charge in [0, 0.05) is 88.8 Å². The molecule has 125 heavy (non-hydrogen) atoms. The molecule has 13 rings (SSSR count). The van der Waals surface area contributed by atoms with Crippen LogP contribution in [0.25, 0.3) is 23.1 Å². The SMILES string of the molecule is Brc1ccc(Br)nn1.CCC(=O)Nc1cnn2c(NC)cc(Nc3cccn(-c4ccc(OC)nn4)c3=O)nc12.CN(C)CCN(C)C.CO.COc1ccc(-n2cccc(N)c2=O)nn1.COc1ccc(-n2cccc(NC(=O)OCc3ccccc3)c2=O)nn1.COc1ccc(Br)nn1.O=C(Nc1ccc[nH]c1=O)OCc1ccccc1.O=CO[O-].[H-].[K+].[K+]. The van der Waals surface area contributed by atoms with E-state index < -0.39 is 17.7 Å². The summed E-state index contributed by atoms with van der Waals surface area (Å²) in [7, 11) is 17.1. The molecule has 0 saturated heterocycles. The molecule has 0 bridgehead atoms. The van der Waals surface area contributed by atoms with Gasteiger partial charge in [-0.2, -0.15) is 9.61 Å². The molecule has 0 radical (unpaired) electrons. The van der Waals surface area contributed by atoms with Crippen LogP contribution in [0.2, 0.25) is 0 Å². The van der Waals surface area contributed by atoms with Gasteiger partial charge in [0.25, 0.3) is 28.7 Å². The van der Waals surface area contributed by atoms with Gasteiger partial charge in [-0.15, -0.1) is 51.0 Å². The molecular weight excluding hydrogens is 1880 g/mol. The van der Waals surface area contributed by atoms with E-state index in [0.717, 1.165) is 40.5 Å². The topological polar surface area (TPSA) is 527 Å². The number of benzene rings is 2. The number of nitrogens with zero attached hydrogens (tertiary/aromatic N) is 18. The standard InChI is InChI=1S/C20H21N9O3.C18H16N4O4.C13H12N2O3.C10H10N4O2.C6H16N2.C5H5BrN2O.C4H2Br2N2.CH2O3.CH4O.2K.H/c1-4-17(30)24-13-11-22-29-16(21-2)10-14(25-19(13)29)23-12-6-5-9-28(20(12)31)15-7-8-18(32-3)27-26-15;1-25-16-10-9-15(20-21-16)22-11-5-8-14(17(22)23)19-18(24)26-12-13-6-3-2-4-7-13;16-12-11(7-4-8-14-12)15-13(17)18-9-10-5-2-1-3-6-10;1-16-9-5-4-8(12-13-9)14-6-2-3-7(11)10(14)15;1-7(2)5-6-8(3)4;1-9-5-3-2-4(6)7-8-5;5-3-1-2-4(6)8-7-3;2-1-4-3;1-2;;;/h5-11,21H,4H2,1-3H3,(H,23,25)(H,24,30);2-11H,12H2,1H3,(H,19,24);1-8H,9H2,(H,14,16)(H,15,17);2-6H,11H2,1H3;5-6H2,1-4H3;2-3H,1H3;1-2H;1,3H;2H,1H3;;;/q;;;;;;;;;2*+1;-1/p-1. The minimum Gasteiger partial charge on any atom is -1.00 e. The van der Waals surface area contributed by atoms with E-state index in [2.05, 4.69) is 183 Å². The summed E-state index contributed by atoms with van der Waals surface area (Å²) in [6, 6.07) is 49.8. The molecule has 0 aliphatic heterocycles. The quantitative estimate of drug-likeness (QED) is 0.0208. The molecule has 2 aromatic carbocycles. The molecule has 42 nitrogen and oxygen atoms in total. The van der Waals surface area contributed by atoms with E-state index in [4.69, 9.17) is 49.3 Å². The van der Waals surface area contributed by atoms with Gasteiger partial charge < -0.3 is 81.6 Å². The molecule has 13 aromatic rings. The van der Waals surface area contributed by atoms with Crippen LogP contribution in [0.4, 0.5) is 49.7 Å². The molecule has 0 aliphatic rings. The first-order valence-electron chi connectivity index (χ1n) is 35.8. The molecule has 0 fully saturated rings. The van der Waals surface area contributed by atoms with Crippen LogP contribution in [-0.4, -0.2) is 208 Å². The van der Waals surface area contributed by atoms with Crippen LogP contribution in [0.15, 0.2) is 240 Å². The van der Waals surface area contributed by atoms with E-state index in [9.17, 15) is 33.6 Å². The second kappa shape index (κ2) is 60.5. The number of aliphatic hydroxyl groups excluding tert-OH is 1. The van der Waals surface area contributed by atoms with Crippen LogP contribution in [0.1, 0.15) is 25.9 Å². The Morgan fingerprint density at radius 1 is 0.528 bits per heavy atom. The molecule has 47 heteroatoms. The number of amides is 3. The van der Waals surface area contributed by atoms with Crippen LogP contribution in [0.5, 0.6) is 23.5 Å². The fourth-order valence-corrected chi connectivity index (χ4v) is 9.56. The number of anilines is 7. The Labute approximate surface area is 827 Å². The first-order chi connectivity index (χ1) is 59.3. The summed E-state index contributed by atoms with van der Waals surface area (Å²) >= 11 is 9.45. The predicted molar refractivity (Wildman–Crippen MR) is 466 cm³/mol. The van der Waals surface area contributed by atoms with Crippen molar-refractivity contribution in [3.63, 3.8) is 0 Å². The number of pyridine rings is 4. The number of hydrogen-bond donors (Lipinski definition) is 8. The number of nitrogens with two attached hydrogens (primary N) is 1. The number of rotatable bonds is 22. The van der Waals surface area contributed by atoms with Gasteiger partial charge in [-0.1, -0.05) is 67.6 Å². The van der Waals surface area contributed by atoms with Gasteiger partial charge in [-0.25, -0.2) is 14.6 Å². The maximum Gasteiger partial charge on any atom is 1.00 e. The number of H-pyrrole nitrogens is 1. The van der Waals surface area contributed by atoms with E-state index in [0.29, 0.717) is 75.0 Å². The normalized spacial score (nSPS) is 9.74. The van der Waals surface area contributed by atoms with Crippen molar-refractivity contribution in [2.75, 3.05) is 116 Å². The zero-order chi connectivity index (χ0) is 90.0. The van der Waals surface area contributed by atoms with Gasteiger partial charge in [-0.3, -0.25) is 53.1 Å². The smallest absolute Gasteiger partial charge is 1.00 e. The van der Waals surface area contributed by atoms with Gasteiger partial charge in [0.15, 0.2) is 23.1 Å². The van der Waals surface area contributed by atoms with Gasteiger partial charge in [0.2, 0.25) is 29.4 Å². The number of hydrogen-bond acceptors (Lipinski definition) is 34. The Morgan fingerprint density at radius 2 is 0.928 bits per heavy atom. The van der Waals surface area contributed by atoms with Crippen molar-refractivity contribution in [2.24, 2.45) is 0 Å². The average Bonchev–Trinajstić information content (AvgIpc) is 1.61. The number of aromatic amines is 1. The summed E-state index contributed by atoms with van der Waals surface area (Å²) in [6.45, 7) is 4.14. The Kier molecular flexibility index (Phi) is 52.3. The second-order valence-corrected chi connectivity index (χ2v) is 26.3. The maximum absolute atomic E-state index is 13.0. The summed E-state index contributed by atoms with van der Waals surface area (Å²) in [4.78, 5) is 106. The second-order valence-electron chi connectivity index (χ2n) is 23.9. The summed E-state index contributed by atoms with van der Waals surface area (Å²) in [5.41, 5.74) is 7.34. The van der Waals surface area contributed by atoms with Crippen molar-refractivity contribution < 1.29 is 167 Å². The molecule has 650 valence electrons. The first-order valence-corrected chi connectivity index (χ1v) is 38.2. The van der Waals surface area contributed by atoms with Crippen molar-refractivity contribution >= 4 is 118 Å². The van der Waals surface area contributed by atoms with Crippen molar-refractivity contribution in [1.29, 1.82) is 0 Å². The molecule has 0 atom stereocenters. The number of ether oxygens (including phenoxy) is 6. The van der Waals surface area contributed by atoms with Crippen molar-refractivity contribution in [3.05, 3.63) is 273 Å². The van der Waals surface area contributed by atoms with Crippen LogP contribution in [-0.2, 0) is 37.2 Å². The minimum absolute atomic E-state index is 0. The third-order valence-corrected chi connectivity index (χ3v) is 16.1. The minimum atomic E-state index is -0.718. The largest absolute Gasteiger partial charge is 1.00 e. The number of carbonyl (C=O) groups is 4. The zero-order valence-corrected chi connectivity index (χ0v) is 81.0. The Hall–Kier alpha value is -11.1. The molecule has 0 spiro atoms. The summed E-state index contributed by atoms with van der Waals surface area (Å²) in [5.74, 6) is 3.50. The Bertz CT molecular complexity index is 5590. The molecule has 0 aliphatic carbocycles. The molecule has 11 aromatic heterocycles. The summed E-state index contributed by atoms with van der Waals surface area (Å²) < 4.78 is 37.4. The number of nitrogen functional groups attached to an aromatic ring is 1. The van der Waals surface area contributed by atoms with E-state index in [1.54, 1.807) is 123 Å². The van der Waals surface area contributed by atoms with E-state index >= 15 is 0 Å². The number of aromatic nitrogens is 17. The third kappa shape index (κ3) is 38.9. The number of carbonyl (C=O) groups excluding carboxylic acids is 4. The first kappa shape index (κ1) is 108. The predicted octanol–water partition coefficient (Wildman–Crippen LogP) is 2.06. The summed E-state index contributed by atoms with van der Waals surface area (Å²) in [5, 5.41) is 71.4. The third-order valence-electron chi connectivity index (χ3n) is 14.9. The van der Waals surface area contributed by atoms with Crippen LogP contribution in [0, 0.1) is 0 Å². The number of likely N-dealkylation sites (N-methyl/N-ethyl adjacent to an activating group) is 2. The van der Waals surface area contributed by atoms with Crippen molar-refractivity contribution in [1.82, 2.24) is 94.1 Å². The van der Waals surface area contributed by atoms with E-state index in [1.165, 1.54) is 71.8 Å². The number of methoxy groups -OCH3 is 4. The summed E-state index contributed by atoms with van der Waals surface area (Å²) in [6.07, 6.45) is 6.66. The average molecular weight is 1970 g/mol. The molecule has 3 amide bonds. The fraction of sp³-hybridized carbons (Fsp3) is 0.205. The number of fused-ring (bicyclic) bond motifs is 1. The molecular formula is C78H88Br3K2N25O17. The maximum atomic E-state index is 13.0. The van der Waals surface area contributed by atoms with Crippen molar-refractivity contribution in [3.8, 4) is 41.0 Å². The number of aliphatic hydroxyl groups is 1. The Morgan fingerprint density at radius 3 is 1.32 bits per heavy atom. The number of halogens is 3. The van der Waals surface area contributed by atoms with E-state index in [1.807, 2.05) is 72.8 Å².